The number of hydrogen-bond donors (Lipinski definition) is 2. The molecular formula is C22H26N4O3S. The summed E-state index contributed by atoms with van der Waals surface area (Å²) >= 11 is 1.42. The lowest BCUT2D eigenvalue weighted by molar-refractivity contribution is -0.145. The largest absolute Gasteiger partial charge is 0.481 e. The van der Waals surface area contributed by atoms with Crippen LogP contribution in [0.3, 0.4) is 0 Å². The van der Waals surface area contributed by atoms with Crippen LogP contribution in [0.4, 0.5) is 0 Å². The third-order valence-electron chi connectivity index (χ3n) is 6.47. The number of amides is 1. The molecule has 3 atom stereocenters. The van der Waals surface area contributed by atoms with Gasteiger partial charge in [-0.05, 0) is 51.4 Å². The van der Waals surface area contributed by atoms with Crippen LogP contribution in [-0.4, -0.2) is 56.5 Å². The van der Waals surface area contributed by atoms with Crippen LogP contribution in [0, 0.1) is 5.92 Å². The monoisotopic (exact) mass is 426 g/mol. The molecule has 4 heterocycles. The number of carboxylic acid groups (broad SMARTS) is 1. The number of nitrogens with zero attached hydrogens (tertiary/aromatic N) is 3. The Hall–Kier alpha value is -2.58. The zero-order valence-corrected chi connectivity index (χ0v) is 18.0. The van der Waals surface area contributed by atoms with E-state index in [2.05, 4.69) is 20.2 Å². The summed E-state index contributed by atoms with van der Waals surface area (Å²) in [5.41, 5.74) is 0.907. The maximum atomic E-state index is 13.2. The fraction of sp³-hybridized carbons (Fsp3) is 0.455. The molecule has 8 heteroatoms. The first-order chi connectivity index (χ1) is 14.5. The van der Waals surface area contributed by atoms with E-state index in [9.17, 15) is 14.7 Å². The number of aromatic nitrogens is 2. The highest BCUT2D eigenvalue weighted by molar-refractivity contribution is 7.13. The minimum Gasteiger partial charge on any atom is -0.481 e. The van der Waals surface area contributed by atoms with Crippen molar-refractivity contribution >= 4 is 28.8 Å². The zero-order chi connectivity index (χ0) is 21.3. The number of aliphatic carboxylic acids is 1. The van der Waals surface area contributed by atoms with E-state index in [1.165, 1.54) is 11.3 Å². The van der Waals surface area contributed by atoms with Crippen LogP contribution in [0.25, 0.3) is 16.1 Å². The predicted octanol–water partition coefficient (Wildman–Crippen LogP) is 3.05. The van der Waals surface area contributed by atoms with Crippen LogP contribution in [0.2, 0.25) is 0 Å². The number of thiazole rings is 1. The summed E-state index contributed by atoms with van der Waals surface area (Å²) in [4.78, 5) is 36.4. The van der Waals surface area contributed by atoms with Crippen molar-refractivity contribution in [1.82, 2.24) is 20.2 Å². The van der Waals surface area contributed by atoms with Crippen LogP contribution in [-0.2, 0) is 9.59 Å². The van der Waals surface area contributed by atoms with Gasteiger partial charge in [-0.3, -0.25) is 19.5 Å². The SMILES string of the molecule is CCC1(C(C)N2CCCC2)NC(=O)C(c2csc(-c3ccncc3)n2)=CC1C(=O)O. The number of likely N-dealkylation sites (tertiary alicyclic amines) is 1. The van der Waals surface area contributed by atoms with Crippen LogP contribution in [0.5, 0.6) is 0 Å². The number of hydrogen-bond acceptors (Lipinski definition) is 6. The molecule has 0 aliphatic carbocycles. The van der Waals surface area contributed by atoms with Gasteiger partial charge in [-0.25, -0.2) is 4.98 Å². The van der Waals surface area contributed by atoms with E-state index in [-0.39, 0.29) is 11.9 Å². The van der Waals surface area contributed by atoms with E-state index >= 15 is 0 Å². The molecule has 158 valence electrons. The Morgan fingerprint density at radius 3 is 2.70 bits per heavy atom. The smallest absolute Gasteiger partial charge is 0.312 e. The number of carbonyl (C=O) groups excluding carboxylic acids is 1. The standard InChI is InChI=1S/C22H26N4O3S/c1-3-22(14(2)26-10-4-5-11-26)17(21(28)29)12-16(19(27)25-22)18-13-30-20(24-18)15-6-8-23-9-7-15/h6-9,12-14,17H,3-5,10-11H2,1-2H3,(H,25,27)(H,28,29). The van der Waals surface area contributed by atoms with Crippen molar-refractivity contribution < 1.29 is 14.7 Å². The van der Waals surface area contributed by atoms with E-state index in [0.29, 0.717) is 17.7 Å². The summed E-state index contributed by atoms with van der Waals surface area (Å²) in [6.07, 6.45) is 7.75. The van der Waals surface area contributed by atoms with Crippen molar-refractivity contribution in [3.63, 3.8) is 0 Å². The molecule has 1 fully saturated rings. The van der Waals surface area contributed by atoms with Crippen molar-refractivity contribution in [2.45, 2.75) is 44.7 Å². The van der Waals surface area contributed by atoms with E-state index < -0.39 is 17.4 Å². The van der Waals surface area contributed by atoms with E-state index in [0.717, 1.165) is 36.5 Å². The molecule has 3 unspecified atom stereocenters. The molecule has 0 spiro atoms. The Bertz CT molecular complexity index is 968. The lowest BCUT2D eigenvalue weighted by atomic mass is 9.72. The lowest BCUT2D eigenvalue weighted by Gasteiger charge is -2.48. The molecule has 30 heavy (non-hydrogen) atoms. The number of nitrogens with one attached hydrogen (secondary N) is 1. The normalized spacial score (nSPS) is 25.6. The average Bonchev–Trinajstić information content (AvgIpc) is 3.45. The fourth-order valence-electron chi connectivity index (χ4n) is 4.69. The highest BCUT2D eigenvalue weighted by Gasteiger charge is 2.51. The second kappa shape index (κ2) is 8.28. The molecule has 2 N–H and O–H groups in total. The molecule has 1 amide bonds. The average molecular weight is 427 g/mol. The summed E-state index contributed by atoms with van der Waals surface area (Å²) in [6.45, 7) is 5.85. The van der Waals surface area contributed by atoms with Gasteiger partial charge in [0.25, 0.3) is 5.91 Å². The fourth-order valence-corrected chi connectivity index (χ4v) is 5.51. The number of carboxylic acids is 1. The van der Waals surface area contributed by atoms with Gasteiger partial charge < -0.3 is 10.4 Å². The molecule has 0 bridgehead atoms. The maximum absolute atomic E-state index is 13.2. The van der Waals surface area contributed by atoms with Crippen LogP contribution in [0.1, 0.15) is 38.8 Å². The van der Waals surface area contributed by atoms with Gasteiger partial charge >= 0.3 is 5.97 Å². The summed E-state index contributed by atoms with van der Waals surface area (Å²) in [5, 5.41) is 15.8. The number of pyridine rings is 1. The highest BCUT2D eigenvalue weighted by Crippen LogP contribution is 2.38. The van der Waals surface area contributed by atoms with Crippen molar-refractivity contribution in [2.75, 3.05) is 13.1 Å². The molecule has 2 aliphatic rings. The van der Waals surface area contributed by atoms with Crippen molar-refractivity contribution in [2.24, 2.45) is 5.92 Å². The van der Waals surface area contributed by atoms with Gasteiger partial charge in [0.2, 0.25) is 0 Å². The van der Waals surface area contributed by atoms with Gasteiger partial charge in [0.15, 0.2) is 0 Å². The summed E-state index contributed by atoms with van der Waals surface area (Å²) < 4.78 is 0. The minimum absolute atomic E-state index is 0.0735. The number of carbonyl (C=O) groups is 2. The third-order valence-corrected chi connectivity index (χ3v) is 7.36. The van der Waals surface area contributed by atoms with Crippen LogP contribution in [0.15, 0.2) is 36.0 Å². The minimum atomic E-state index is -0.926. The quantitative estimate of drug-likeness (QED) is 0.737. The Kier molecular flexibility index (Phi) is 5.71. The van der Waals surface area contributed by atoms with Gasteiger partial charge in [-0.1, -0.05) is 13.0 Å². The zero-order valence-electron chi connectivity index (χ0n) is 17.2. The van der Waals surface area contributed by atoms with Crippen LogP contribution < -0.4 is 5.32 Å². The van der Waals surface area contributed by atoms with E-state index in [1.807, 2.05) is 31.4 Å². The second-order valence-corrected chi connectivity index (χ2v) is 8.80. The summed E-state index contributed by atoms with van der Waals surface area (Å²) in [7, 11) is 0. The molecule has 0 aromatic carbocycles. The molecule has 0 radical (unpaired) electrons. The Morgan fingerprint density at radius 1 is 1.37 bits per heavy atom. The van der Waals surface area contributed by atoms with E-state index in [4.69, 9.17) is 0 Å². The lowest BCUT2D eigenvalue weighted by Crippen LogP contribution is -2.67. The van der Waals surface area contributed by atoms with Gasteiger partial charge in [-0.2, -0.15) is 0 Å². The van der Waals surface area contributed by atoms with Gasteiger partial charge in [0.1, 0.15) is 10.9 Å². The molecule has 0 saturated carbocycles. The molecule has 7 nitrogen and oxygen atoms in total. The van der Waals surface area contributed by atoms with Gasteiger partial charge in [0, 0.05) is 29.4 Å². The maximum Gasteiger partial charge on any atom is 0.312 e. The van der Waals surface area contributed by atoms with Gasteiger partial charge in [-0.15, -0.1) is 11.3 Å². The first-order valence-corrected chi connectivity index (χ1v) is 11.2. The molecule has 4 rings (SSSR count). The highest BCUT2D eigenvalue weighted by atomic mass is 32.1. The van der Waals surface area contributed by atoms with Crippen molar-refractivity contribution in [1.29, 1.82) is 0 Å². The number of rotatable bonds is 6. The molecule has 2 aromatic rings. The molecular weight excluding hydrogens is 400 g/mol. The third kappa shape index (κ3) is 3.54. The Labute approximate surface area is 179 Å². The summed E-state index contributed by atoms with van der Waals surface area (Å²) in [5.74, 6) is -2.01. The van der Waals surface area contributed by atoms with E-state index in [1.54, 1.807) is 18.5 Å². The first kappa shape index (κ1) is 20.7. The Balaban J connectivity index is 1.71. The Morgan fingerprint density at radius 2 is 2.07 bits per heavy atom. The van der Waals surface area contributed by atoms with Crippen molar-refractivity contribution in [3.05, 3.63) is 41.7 Å². The second-order valence-electron chi connectivity index (χ2n) is 7.94. The van der Waals surface area contributed by atoms with Crippen LogP contribution >= 0.6 is 11.3 Å². The predicted molar refractivity (Wildman–Crippen MR) is 116 cm³/mol. The van der Waals surface area contributed by atoms with Gasteiger partial charge in [0.05, 0.1) is 16.8 Å². The molecule has 2 aromatic heterocycles. The molecule has 2 aliphatic heterocycles. The summed E-state index contributed by atoms with van der Waals surface area (Å²) in [6, 6.07) is 3.64. The first-order valence-electron chi connectivity index (χ1n) is 10.3. The van der Waals surface area contributed by atoms with Crippen molar-refractivity contribution in [3.8, 4) is 10.6 Å². The topological polar surface area (TPSA) is 95.4 Å². The molecule has 1 saturated heterocycles.